The van der Waals surface area contributed by atoms with Crippen LogP contribution in [0, 0.1) is 0 Å². The van der Waals surface area contributed by atoms with Gasteiger partial charge in [0.2, 0.25) is 0 Å². The van der Waals surface area contributed by atoms with Crippen LogP contribution < -0.4 is 4.74 Å². The van der Waals surface area contributed by atoms with E-state index in [0.717, 1.165) is 12.2 Å². The third-order valence-corrected chi connectivity index (χ3v) is 2.24. The summed E-state index contributed by atoms with van der Waals surface area (Å²) in [6, 6.07) is 8.13. The van der Waals surface area contributed by atoms with Gasteiger partial charge in [-0.1, -0.05) is 18.2 Å². The molecule has 0 fully saturated rings. The first-order valence-electron chi connectivity index (χ1n) is 3.63. The molecule has 0 amide bonds. The largest absolute Gasteiger partial charge is 0.476 e. The van der Waals surface area contributed by atoms with Crippen LogP contribution in [0.4, 0.5) is 0 Å². The van der Waals surface area contributed by atoms with Crippen LogP contribution in [0.5, 0.6) is 5.75 Å². The van der Waals surface area contributed by atoms with Crippen LogP contribution in [-0.4, -0.2) is 4.51 Å². The molecule has 1 heterocycles. The second-order valence-electron chi connectivity index (χ2n) is 2.99. The zero-order valence-electron chi connectivity index (χ0n) is 6.30. The fourth-order valence-electron chi connectivity index (χ4n) is 1.35. The van der Waals surface area contributed by atoms with Gasteiger partial charge >= 0.3 is 0 Å². The summed E-state index contributed by atoms with van der Waals surface area (Å²) in [5.74, 6) is 1.01. The Bertz CT molecular complexity index is 254. The van der Waals surface area contributed by atoms with E-state index in [-0.39, 0.29) is 4.51 Å². The minimum Gasteiger partial charge on any atom is -0.476 e. The van der Waals surface area contributed by atoms with Crippen molar-refractivity contribution in [1.29, 1.82) is 0 Å². The van der Waals surface area contributed by atoms with Gasteiger partial charge in [0.15, 0.2) is 4.51 Å². The van der Waals surface area contributed by atoms with Crippen molar-refractivity contribution < 1.29 is 4.74 Å². The Balaban J connectivity index is 2.41. The van der Waals surface area contributed by atoms with E-state index in [1.54, 1.807) is 0 Å². The summed E-state index contributed by atoms with van der Waals surface area (Å²) in [6.07, 6.45) is 0.948. The zero-order chi connectivity index (χ0) is 7.90. The van der Waals surface area contributed by atoms with E-state index in [9.17, 15) is 0 Å². The van der Waals surface area contributed by atoms with Gasteiger partial charge in [-0.05, 0) is 34.5 Å². The molecule has 1 aromatic carbocycles. The van der Waals surface area contributed by atoms with Gasteiger partial charge in [-0.2, -0.15) is 0 Å². The molecule has 0 N–H and O–H groups in total. The summed E-state index contributed by atoms with van der Waals surface area (Å²) in [6.45, 7) is 2.03. The van der Waals surface area contributed by atoms with Gasteiger partial charge in [0, 0.05) is 6.42 Å². The van der Waals surface area contributed by atoms with Crippen LogP contribution >= 0.6 is 15.9 Å². The topological polar surface area (TPSA) is 9.23 Å². The van der Waals surface area contributed by atoms with Gasteiger partial charge in [-0.15, -0.1) is 0 Å². The average Bonchev–Trinajstić information content (AvgIpc) is 2.21. The lowest BCUT2D eigenvalue weighted by Gasteiger charge is -2.14. The van der Waals surface area contributed by atoms with Gasteiger partial charge in [0.05, 0.1) is 0 Å². The average molecular weight is 213 g/mol. The van der Waals surface area contributed by atoms with Gasteiger partial charge in [-0.25, -0.2) is 0 Å². The highest BCUT2D eigenvalue weighted by atomic mass is 79.9. The number of para-hydroxylation sites is 1. The maximum atomic E-state index is 5.61. The third kappa shape index (κ3) is 1.27. The molecule has 1 aliphatic heterocycles. The fraction of sp³-hybridized carbons (Fsp3) is 0.333. The molecule has 0 radical (unpaired) electrons. The molecule has 1 unspecified atom stereocenters. The van der Waals surface area contributed by atoms with Crippen molar-refractivity contribution in [2.24, 2.45) is 0 Å². The highest BCUT2D eigenvalue weighted by Crippen LogP contribution is 2.37. The maximum absolute atomic E-state index is 5.61. The standard InChI is InChI=1S/C9H9BrO/c1-9(10)6-7-4-2-3-5-8(7)11-9/h2-5H,6H2,1H3. The van der Waals surface area contributed by atoms with Crippen LogP contribution in [0.2, 0.25) is 0 Å². The molecule has 0 saturated heterocycles. The van der Waals surface area contributed by atoms with Crippen molar-refractivity contribution in [3.63, 3.8) is 0 Å². The lowest BCUT2D eigenvalue weighted by molar-refractivity contribution is 0.226. The van der Waals surface area contributed by atoms with E-state index in [0.29, 0.717) is 0 Å². The number of hydrogen-bond acceptors (Lipinski definition) is 1. The van der Waals surface area contributed by atoms with Crippen LogP contribution in [0.25, 0.3) is 0 Å². The van der Waals surface area contributed by atoms with Crippen molar-refractivity contribution in [2.45, 2.75) is 17.9 Å². The first kappa shape index (κ1) is 7.17. The Kier molecular flexibility index (Phi) is 1.46. The molecule has 1 aromatic rings. The highest BCUT2D eigenvalue weighted by molar-refractivity contribution is 9.10. The van der Waals surface area contributed by atoms with Crippen molar-refractivity contribution in [3.8, 4) is 5.75 Å². The fourth-order valence-corrected chi connectivity index (χ4v) is 1.83. The van der Waals surface area contributed by atoms with E-state index in [1.165, 1.54) is 5.56 Å². The molecule has 11 heavy (non-hydrogen) atoms. The second-order valence-corrected chi connectivity index (χ2v) is 4.67. The van der Waals surface area contributed by atoms with Crippen molar-refractivity contribution in [2.75, 3.05) is 0 Å². The Labute approximate surface area is 74.5 Å². The van der Waals surface area contributed by atoms with Crippen LogP contribution in [0.1, 0.15) is 12.5 Å². The molecule has 2 heteroatoms. The summed E-state index contributed by atoms with van der Waals surface area (Å²) in [5, 5.41) is 0. The lowest BCUT2D eigenvalue weighted by atomic mass is 10.1. The first-order chi connectivity index (χ1) is 5.17. The van der Waals surface area contributed by atoms with E-state index >= 15 is 0 Å². The van der Waals surface area contributed by atoms with Gasteiger partial charge < -0.3 is 4.74 Å². The SMILES string of the molecule is CC1(Br)Cc2ccccc2O1. The van der Waals surface area contributed by atoms with Gasteiger partial charge in [-0.3, -0.25) is 0 Å². The molecule has 0 aliphatic carbocycles. The molecule has 0 bridgehead atoms. The normalized spacial score (nSPS) is 27.8. The van der Waals surface area contributed by atoms with E-state index in [1.807, 2.05) is 25.1 Å². The number of rotatable bonds is 0. The monoisotopic (exact) mass is 212 g/mol. The van der Waals surface area contributed by atoms with Crippen molar-refractivity contribution >= 4 is 15.9 Å². The molecule has 0 aromatic heterocycles. The Morgan fingerprint density at radius 3 is 2.91 bits per heavy atom. The molecular formula is C9H9BrO. The van der Waals surface area contributed by atoms with E-state index < -0.39 is 0 Å². The molecule has 1 aliphatic rings. The predicted octanol–water partition coefficient (Wildman–Crippen LogP) is 2.73. The number of fused-ring (bicyclic) bond motifs is 1. The van der Waals surface area contributed by atoms with Gasteiger partial charge in [0.25, 0.3) is 0 Å². The Hall–Kier alpha value is -0.500. The smallest absolute Gasteiger partial charge is 0.164 e. The summed E-state index contributed by atoms with van der Waals surface area (Å²) >= 11 is 3.50. The minimum atomic E-state index is -0.184. The molecule has 1 atom stereocenters. The Morgan fingerprint density at radius 1 is 1.45 bits per heavy atom. The lowest BCUT2D eigenvalue weighted by Crippen LogP contribution is -2.20. The molecule has 1 nitrogen and oxygen atoms in total. The van der Waals surface area contributed by atoms with Crippen molar-refractivity contribution in [1.82, 2.24) is 0 Å². The van der Waals surface area contributed by atoms with Crippen molar-refractivity contribution in [3.05, 3.63) is 29.8 Å². The minimum absolute atomic E-state index is 0.184. The van der Waals surface area contributed by atoms with Crippen LogP contribution in [-0.2, 0) is 6.42 Å². The molecule has 0 spiro atoms. The first-order valence-corrected chi connectivity index (χ1v) is 4.42. The van der Waals surface area contributed by atoms with E-state index in [2.05, 4.69) is 22.0 Å². The number of benzene rings is 1. The molecule has 2 rings (SSSR count). The van der Waals surface area contributed by atoms with Crippen LogP contribution in [0.15, 0.2) is 24.3 Å². The summed E-state index contributed by atoms with van der Waals surface area (Å²) in [5.41, 5.74) is 1.28. The Morgan fingerprint density at radius 2 is 2.18 bits per heavy atom. The summed E-state index contributed by atoms with van der Waals surface area (Å²) < 4.78 is 5.43. The number of hydrogen-bond donors (Lipinski definition) is 0. The summed E-state index contributed by atoms with van der Waals surface area (Å²) in [4.78, 5) is 0. The quantitative estimate of drug-likeness (QED) is 0.602. The number of ether oxygens (including phenoxy) is 1. The predicted molar refractivity (Wildman–Crippen MR) is 48.1 cm³/mol. The van der Waals surface area contributed by atoms with E-state index in [4.69, 9.17) is 4.74 Å². The maximum Gasteiger partial charge on any atom is 0.164 e. The zero-order valence-corrected chi connectivity index (χ0v) is 7.89. The van der Waals surface area contributed by atoms with Gasteiger partial charge in [0.1, 0.15) is 5.75 Å². The molecular weight excluding hydrogens is 204 g/mol. The number of alkyl halides is 1. The highest BCUT2D eigenvalue weighted by Gasteiger charge is 2.31. The second kappa shape index (κ2) is 2.24. The molecule has 0 saturated carbocycles. The third-order valence-electron chi connectivity index (χ3n) is 1.80. The van der Waals surface area contributed by atoms with Crippen LogP contribution in [0.3, 0.4) is 0 Å². The molecule has 58 valence electrons. The summed E-state index contributed by atoms with van der Waals surface area (Å²) in [7, 11) is 0. The number of halogens is 1.